The number of benzene rings is 1. The SMILES string of the molecule is Cc1ccc(F)c(C(=O)O)c1NC=C1C(=O)OC(C)(C)OC1=O. The van der Waals surface area contributed by atoms with Crippen LogP contribution in [0.4, 0.5) is 10.1 Å². The summed E-state index contributed by atoms with van der Waals surface area (Å²) in [7, 11) is 0. The molecule has 8 heteroatoms. The van der Waals surface area contributed by atoms with Crippen molar-refractivity contribution in [2.45, 2.75) is 26.6 Å². The van der Waals surface area contributed by atoms with E-state index in [1.54, 1.807) is 6.92 Å². The number of carbonyl (C=O) groups excluding carboxylic acids is 2. The Kier molecular flexibility index (Phi) is 4.09. The van der Waals surface area contributed by atoms with Gasteiger partial charge in [-0.1, -0.05) is 6.07 Å². The van der Waals surface area contributed by atoms with Crippen molar-refractivity contribution in [1.82, 2.24) is 0 Å². The Balaban J connectivity index is 2.38. The fraction of sp³-hybridized carbons (Fsp3) is 0.267. The lowest BCUT2D eigenvalue weighted by molar-refractivity contribution is -0.222. The third-order valence-corrected chi connectivity index (χ3v) is 3.05. The van der Waals surface area contributed by atoms with Crippen molar-refractivity contribution in [3.8, 4) is 0 Å². The zero-order valence-corrected chi connectivity index (χ0v) is 12.6. The van der Waals surface area contributed by atoms with Crippen molar-refractivity contribution >= 4 is 23.6 Å². The van der Waals surface area contributed by atoms with E-state index in [0.717, 1.165) is 12.3 Å². The molecular formula is C15H14FNO6. The van der Waals surface area contributed by atoms with Crippen LogP contribution in [0.5, 0.6) is 0 Å². The number of hydrogen-bond donors (Lipinski definition) is 2. The first-order valence-electron chi connectivity index (χ1n) is 6.58. The highest BCUT2D eigenvalue weighted by Crippen LogP contribution is 2.26. The topological polar surface area (TPSA) is 102 Å². The molecule has 0 radical (unpaired) electrons. The van der Waals surface area contributed by atoms with E-state index in [2.05, 4.69) is 5.32 Å². The monoisotopic (exact) mass is 323 g/mol. The summed E-state index contributed by atoms with van der Waals surface area (Å²) in [5.41, 5.74) is -0.710. The summed E-state index contributed by atoms with van der Waals surface area (Å²) in [5, 5.41) is 11.6. The normalized spacial score (nSPS) is 16.4. The molecular weight excluding hydrogens is 309 g/mol. The van der Waals surface area contributed by atoms with Crippen LogP contribution in [0.1, 0.15) is 29.8 Å². The molecule has 2 rings (SSSR count). The van der Waals surface area contributed by atoms with Gasteiger partial charge in [-0.25, -0.2) is 18.8 Å². The molecule has 1 aliphatic heterocycles. The molecule has 0 aromatic heterocycles. The second kappa shape index (κ2) is 5.71. The fourth-order valence-corrected chi connectivity index (χ4v) is 2.00. The predicted molar refractivity (Wildman–Crippen MR) is 76.1 cm³/mol. The molecule has 1 aromatic carbocycles. The highest BCUT2D eigenvalue weighted by Gasteiger charge is 2.39. The maximum atomic E-state index is 13.7. The Morgan fingerprint density at radius 2 is 1.83 bits per heavy atom. The average Bonchev–Trinajstić information content (AvgIpc) is 2.39. The summed E-state index contributed by atoms with van der Waals surface area (Å²) in [6.45, 7) is 4.34. The van der Waals surface area contributed by atoms with Gasteiger partial charge in [-0.2, -0.15) is 0 Å². The Hall–Kier alpha value is -2.90. The molecule has 0 unspecified atom stereocenters. The van der Waals surface area contributed by atoms with E-state index in [9.17, 15) is 18.8 Å². The number of carboxylic acid groups (broad SMARTS) is 1. The fourth-order valence-electron chi connectivity index (χ4n) is 2.00. The zero-order valence-electron chi connectivity index (χ0n) is 12.6. The van der Waals surface area contributed by atoms with Gasteiger partial charge in [-0.05, 0) is 18.6 Å². The third-order valence-electron chi connectivity index (χ3n) is 3.05. The molecule has 1 saturated heterocycles. The molecule has 0 bridgehead atoms. The lowest BCUT2D eigenvalue weighted by Gasteiger charge is -2.29. The van der Waals surface area contributed by atoms with Crippen LogP contribution in [0.25, 0.3) is 0 Å². The van der Waals surface area contributed by atoms with Gasteiger partial charge in [-0.3, -0.25) is 0 Å². The lowest BCUT2D eigenvalue weighted by atomic mass is 10.1. The molecule has 0 spiro atoms. The second-order valence-electron chi connectivity index (χ2n) is 5.30. The molecule has 23 heavy (non-hydrogen) atoms. The van der Waals surface area contributed by atoms with Gasteiger partial charge in [-0.15, -0.1) is 0 Å². The molecule has 122 valence electrons. The number of ether oxygens (including phenoxy) is 2. The third kappa shape index (κ3) is 3.31. The lowest BCUT2D eigenvalue weighted by Crippen LogP contribution is -2.42. The molecule has 0 saturated carbocycles. The number of anilines is 1. The van der Waals surface area contributed by atoms with Gasteiger partial charge in [0, 0.05) is 20.0 Å². The van der Waals surface area contributed by atoms with Crippen molar-refractivity contribution in [3.05, 3.63) is 40.8 Å². The van der Waals surface area contributed by atoms with Crippen LogP contribution in [0.3, 0.4) is 0 Å². The van der Waals surface area contributed by atoms with Gasteiger partial charge in [0.1, 0.15) is 11.4 Å². The number of carbonyl (C=O) groups is 3. The minimum atomic E-state index is -1.48. The van der Waals surface area contributed by atoms with Gasteiger partial charge >= 0.3 is 17.9 Å². The minimum Gasteiger partial charge on any atom is -0.478 e. The molecule has 0 aliphatic carbocycles. The number of aryl methyl sites for hydroxylation is 1. The standard InChI is InChI=1S/C15H14FNO6/c1-7-4-5-9(16)10(12(18)19)11(7)17-6-8-13(20)22-15(2,3)23-14(8)21/h4-6,17H,1-3H3,(H,18,19). The number of hydrogen-bond acceptors (Lipinski definition) is 6. The zero-order chi connectivity index (χ0) is 17.4. The number of nitrogens with one attached hydrogen (secondary N) is 1. The van der Waals surface area contributed by atoms with Gasteiger partial charge in [0.15, 0.2) is 5.57 Å². The summed E-state index contributed by atoms with van der Waals surface area (Å²) in [5.74, 6) is -5.66. The van der Waals surface area contributed by atoms with Crippen LogP contribution in [0.2, 0.25) is 0 Å². The predicted octanol–water partition coefficient (Wildman–Crippen LogP) is 1.96. The van der Waals surface area contributed by atoms with Crippen molar-refractivity contribution in [1.29, 1.82) is 0 Å². The van der Waals surface area contributed by atoms with Crippen LogP contribution in [0.15, 0.2) is 23.9 Å². The Labute approximate surface area is 130 Å². The average molecular weight is 323 g/mol. The maximum absolute atomic E-state index is 13.7. The highest BCUT2D eigenvalue weighted by atomic mass is 19.1. The Bertz CT molecular complexity index is 716. The first-order valence-corrected chi connectivity index (χ1v) is 6.58. The summed E-state index contributed by atoms with van der Waals surface area (Å²) in [6, 6.07) is 2.38. The van der Waals surface area contributed by atoms with Gasteiger partial charge in [0.2, 0.25) is 0 Å². The summed E-state index contributed by atoms with van der Waals surface area (Å²) in [4.78, 5) is 34.8. The van der Waals surface area contributed by atoms with Gasteiger partial charge in [0.05, 0.1) is 5.69 Å². The van der Waals surface area contributed by atoms with E-state index in [1.807, 2.05) is 0 Å². The number of cyclic esters (lactones) is 2. The van der Waals surface area contributed by atoms with Crippen molar-refractivity contribution < 1.29 is 33.4 Å². The molecule has 2 N–H and O–H groups in total. The van der Waals surface area contributed by atoms with Crippen LogP contribution in [0, 0.1) is 12.7 Å². The second-order valence-corrected chi connectivity index (χ2v) is 5.30. The number of rotatable bonds is 3. The van der Waals surface area contributed by atoms with Crippen LogP contribution >= 0.6 is 0 Å². The summed E-state index contributed by atoms with van der Waals surface area (Å²) < 4.78 is 23.5. The van der Waals surface area contributed by atoms with E-state index >= 15 is 0 Å². The highest BCUT2D eigenvalue weighted by molar-refractivity contribution is 6.15. The summed E-state index contributed by atoms with van der Waals surface area (Å²) >= 11 is 0. The Morgan fingerprint density at radius 1 is 1.26 bits per heavy atom. The van der Waals surface area contributed by atoms with E-state index in [0.29, 0.717) is 5.56 Å². The van der Waals surface area contributed by atoms with Crippen LogP contribution < -0.4 is 5.32 Å². The van der Waals surface area contributed by atoms with E-state index in [-0.39, 0.29) is 5.69 Å². The van der Waals surface area contributed by atoms with E-state index < -0.39 is 40.6 Å². The molecule has 1 heterocycles. The van der Waals surface area contributed by atoms with Crippen molar-refractivity contribution in [2.75, 3.05) is 5.32 Å². The minimum absolute atomic E-state index is 0.0737. The van der Waals surface area contributed by atoms with E-state index in [4.69, 9.17) is 14.6 Å². The number of aromatic carboxylic acids is 1. The van der Waals surface area contributed by atoms with Crippen LogP contribution in [-0.2, 0) is 19.1 Å². The van der Waals surface area contributed by atoms with Gasteiger partial charge in [0.25, 0.3) is 5.79 Å². The number of carboxylic acids is 1. The van der Waals surface area contributed by atoms with Crippen molar-refractivity contribution in [2.24, 2.45) is 0 Å². The molecule has 0 atom stereocenters. The molecule has 1 fully saturated rings. The molecule has 1 aromatic rings. The van der Waals surface area contributed by atoms with E-state index in [1.165, 1.54) is 19.9 Å². The largest absolute Gasteiger partial charge is 0.478 e. The van der Waals surface area contributed by atoms with Gasteiger partial charge < -0.3 is 19.9 Å². The first-order chi connectivity index (χ1) is 10.6. The first kappa shape index (κ1) is 16.5. The maximum Gasteiger partial charge on any atom is 0.350 e. The molecule has 0 amide bonds. The quantitative estimate of drug-likeness (QED) is 0.498. The van der Waals surface area contributed by atoms with Crippen LogP contribution in [-0.4, -0.2) is 28.8 Å². The number of halogens is 1. The number of esters is 2. The molecule has 7 nitrogen and oxygen atoms in total. The smallest absolute Gasteiger partial charge is 0.350 e. The Morgan fingerprint density at radius 3 is 2.35 bits per heavy atom. The van der Waals surface area contributed by atoms with Crippen molar-refractivity contribution in [3.63, 3.8) is 0 Å². The summed E-state index contributed by atoms with van der Waals surface area (Å²) in [6.07, 6.45) is 0.939. The molecule has 1 aliphatic rings.